The highest BCUT2D eigenvalue weighted by Gasteiger charge is 2.10. The SMILES string of the molecule is NC(Cc1ccccc1F)c1cncc(F)c1. The number of nitrogens with zero attached hydrogens (tertiary/aromatic N) is 1. The minimum atomic E-state index is -0.463. The molecule has 0 amide bonds. The molecule has 0 spiro atoms. The predicted octanol–water partition coefficient (Wildman–Crippen LogP) is 2.60. The van der Waals surface area contributed by atoms with Crippen molar-refractivity contribution in [1.82, 2.24) is 4.98 Å². The van der Waals surface area contributed by atoms with Gasteiger partial charge in [-0.2, -0.15) is 0 Å². The largest absolute Gasteiger partial charge is 0.324 e. The van der Waals surface area contributed by atoms with E-state index in [2.05, 4.69) is 4.98 Å². The van der Waals surface area contributed by atoms with Gasteiger partial charge in [-0.1, -0.05) is 18.2 Å². The molecular formula is C13H12F2N2. The number of nitrogens with two attached hydrogens (primary N) is 1. The summed E-state index contributed by atoms with van der Waals surface area (Å²) in [6.07, 6.45) is 2.92. The molecule has 2 nitrogen and oxygen atoms in total. The van der Waals surface area contributed by atoms with Crippen LogP contribution in [0.3, 0.4) is 0 Å². The standard InChI is InChI=1S/C13H12F2N2/c14-11-5-10(7-17-8-11)13(16)6-9-3-1-2-4-12(9)15/h1-5,7-8,13H,6,16H2. The lowest BCUT2D eigenvalue weighted by Crippen LogP contribution is -2.14. The van der Waals surface area contributed by atoms with Crippen LogP contribution in [0.25, 0.3) is 0 Å². The minimum Gasteiger partial charge on any atom is -0.324 e. The molecule has 1 atom stereocenters. The molecule has 88 valence electrons. The van der Waals surface area contributed by atoms with E-state index in [4.69, 9.17) is 5.73 Å². The Morgan fingerprint density at radius 2 is 1.94 bits per heavy atom. The molecular weight excluding hydrogens is 222 g/mol. The molecule has 0 fully saturated rings. The third kappa shape index (κ3) is 2.85. The van der Waals surface area contributed by atoms with Crippen LogP contribution in [-0.4, -0.2) is 4.98 Å². The van der Waals surface area contributed by atoms with Gasteiger partial charge in [0.25, 0.3) is 0 Å². The molecule has 2 N–H and O–H groups in total. The van der Waals surface area contributed by atoms with Crippen molar-refractivity contribution in [2.45, 2.75) is 12.5 Å². The van der Waals surface area contributed by atoms with Crippen LogP contribution in [0.5, 0.6) is 0 Å². The van der Waals surface area contributed by atoms with Gasteiger partial charge in [0.2, 0.25) is 0 Å². The van der Waals surface area contributed by atoms with Crippen molar-refractivity contribution in [2.24, 2.45) is 5.73 Å². The Morgan fingerprint density at radius 3 is 2.65 bits per heavy atom. The van der Waals surface area contributed by atoms with Gasteiger partial charge >= 0.3 is 0 Å². The summed E-state index contributed by atoms with van der Waals surface area (Å²) in [6, 6.07) is 7.27. The van der Waals surface area contributed by atoms with Crippen molar-refractivity contribution in [3.63, 3.8) is 0 Å². The van der Waals surface area contributed by atoms with Crippen molar-refractivity contribution in [3.8, 4) is 0 Å². The van der Waals surface area contributed by atoms with E-state index < -0.39 is 11.9 Å². The fourth-order valence-electron chi connectivity index (χ4n) is 1.65. The van der Waals surface area contributed by atoms with E-state index in [9.17, 15) is 8.78 Å². The van der Waals surface area contributed by atoms with Gasteiger partial charge in [-0.15, -0.1) is 0 Å². The molecule has 0 saturated heterocycles. The zero-order valence-corrected chi connectivity index (χ0v) is 9.11. The highest BCUT2D eigenvalue weighted by atomic mass is 19.1. The Hall–Kier alpha value is -1.81. The molecule has 1 aromatic carbocycles. The van der Waals surface area contributed by atoms with Gasteiger partial charge in [0.05, 0.1) is 6.20 Å². The van der Waals surface area contributed by atoms with Crippen LogP contribution in [0.2, 0.25) is 0 Å². The van der Waals surface area contributed by atoms with Gasteiger partial charge in [-0.3, -0.25) is 4.98 Å². The Kier molecular flexibility index (Phi) is 3.44. The topological polar surface area (TPSA) is 38.9 Å². The van der Waals surface area contributed by atoms with E-state index in [-0.39, 0.29) is 5.82 Å². The minimum absolute atomic E-state index is 0.299. The molecule has 4 heteroatoms. The van der Waals surface area contributed by atoms with E-state index in [1.54, 1.807) is 18.2 Å². The van der Waals surface area contributed by atoms with Crippen molar-refractivity contribution in [1.29, 1.82) is 0 Å². The van der Waals surface area contributed by atoms with E-state index in [1.165, 1.54) is 18.3 Å². The van der Waals surface area contributed by atoms with E-state index in [1.807, 2.05) is 0 Å². The number of hydrogen-bond acceptors (Lipinski definition) is 2. The van der Waals surface area contributed by atoms with Gasteiger partial charge in [-0.05, 0) is 29.7 Å². The maximum Gasteiger partial charge on any atom is 0.141 e. The number of pyridine rings is 1. The summed E-state index contributed by atoms with van der Waals surface area (Å²) in [4.78, 5) is 3.72. The second-order valence-electron chi connectivity index (χ2n) is 3.84. The molecule has 0 bridgehead atoms. The zero-order valence-electron chi connectivity index (χ0n) is 9.11. The molecule has 0 radical (unpaired) electrons. The van der Waals surface area contributed by atoms with Crippen LogP contribution in [0.15, 0.2) is 42.7 Å². The molecule has 0 aliphatic rings. The quantitative estimate of drug-likeness (QED) is 0.886. The summed E-state index contributed by atoms with van der Waals surface area (Å²) >= 11 is 0. The number of hydrogen-bond donors (Lipinski definition) is 1. The molecule has 1 unspecified atom stereocenters. The average Bonchev–Trinajstić information content (AvgIpc) is 2.32. The fourth-order valence-corrected chi connectivity index (χ4v) is 1.65. The van der Waals surface area contributed by atoms with Crippen LogP contribution in [0, 0.1) is 11.6 Å². The summed E-state index contributed by atoms with van der Waals surface area (Å²) in [5.74, 6) is -0.737. The highest BCUT2D eigenvalue weighted by molar-refractivity contribution is 5.22. The summed E-state index contributed by atoms with van der Waals surface area (Å²) in [7, 11) is 0. The first-order chi connectivity index (χ1) is 8.16. The lowest BCUT2D eigenvalue weighted by Gasteiger charge is -2.12. The van der Waals surface area contributed by atoms with E-state index >= 15 is 0 Å². The number of benzene rings is 1. The summed E-state index contributed by atoms with van der Waals surface area (Å²) in [5.41, 5.74) is 6.97. The van der Waals surface area contributed by atoms with Gasteiger partial charge in [0.15, 0.2) is 0 Å². The smallest absolute Gasteiger partial charge is 0.141 e. The van der Waals surface area contributed by atoms with Gasteiger partial charge < -0.3 is 5.73 Å². The van der Waals surface area contributed by atoms with Crippen molar-refractivity contribution >= 4 is 0 Å². The molecule has 17 heavy (non-hydrogen) atoms. The summed E-state index contributed by atoms with van der Waals surface area (Å²) in [6.45, 7) is 0. The maximum absolute atomic E-state index is 13.4. The third-order valence-corrected chi connectivity index (χ3v) is 2.55. The van der Waals surface area contributed by atoms with Crippen molar-refractivity contribution in [3.05, 3.63) is 65.5 Å². The Morgan fingerprint density at radius 1 is 1.18 bits per heavy atom. The first-order valence-electron chi connectivity index (χ1n) is 5.26. The van der Waals surface area contributed by atoms with Crippen LogP contribution in [0.1, 0.15) is 17.2 Å². The molecule has 0 saturated carbocycles. The third-order valence-electron chi connectivity index (χ3n) is 2.55. The maximum atomic E-state index is 13.4. The van der Waals surface area contributed by atoms with E-state index in [0.29, 0.717) is 17.5 Å². The Bertz CT molecular complexity index is 514. The first kappa shape index (κ1) is 11.7. The second-order valence-corrected chi connectivity index (χ2v) is 3.84. The van der Waals surface area contributed by atoms with Gasteiger partial charge in [-0.25, -0.2) is 8.78 Å². The van der Waals surface area contributed by atoms with Crippen LogP contribution >= 0.6 is 0 Å². The highest BCUT2D eigenvalue weighted by Crippen LogP contribution is 2.17. The molecule has 1 aromatic heterocycles. The number of rotatable bonds is 3. The van der Waals surface area contributed by atoms with Crippen molar-refractivity contribution in [2.75, 3.05) is 0 Å². The van der Waals surface area contributed by atoms with Crippen LogP contribution in [0.4, 0.5) is 8.78 Å². The normalized spacial score (nSPS) is 12.4. The molecule has 0 aliphatic carbocycles. The Labute approximate surface area is 98.1 Å². The molecule has 2 aromatic rings. The molecule has 0 aliphatic heterocycles. The fraction of sp³-hybridized carbons (Fsp3) is 0.154. The molecule has 2 rings (SSSR count). The monoisotopic (exact) mass is 234 g/mol. The average molecular weight is 234 g/mol. The van der Waals surface area contributed by atoms with E-state index in [0.717, 1.165) is 6.20 Å². The first-order valence-corrected chi connectivity index (χ1v) is 5.26. The summed E-state index contributed by atoms with van der Waals surface area (Å²) < 4.78 is 26.4. The summed E-state index contributed by atoms with van der Waals surface area (Å²) in [5, 5.41) is 0. The molecule has 1 heterocycles. The van der Waals surface area contributed by atoms with Crippen LogP contribution in [-0.2, 0) is 6.42 Å². The number of aromatic nitrogens is 1. The van der Waals surface area contributed by atoms with Crippen molar-refractivity contribution < 1.29 is 8.78 Å². The zero-order chi connectivity index (χ0) is 12.3. The Balaban J connectivity index is 2.17. The van der Waals surface area contributed by atoms with Gasteiger partial charge in [0.1, 0.15) is 11.6 Å². The van der Waals surface area contributed by atoms with Crippen LogP contribution < -0.4 is 5.73 Å². The lowest BCUT2D eigenvalue weighted by atomic mass is 10.0. The predicted molar refractivity (Wildman–Crippen MR) is 61.2 cm³/mol. The lowest BCUT2D eigenvalue weighted by molar-refractivity contribution is 0.587. The van der Waals surface area contributed by atoms with Gasteiger partial charge in [0, 0.05) is 12.2 Å². The second kappa shape index (κ2) is 5.01. The number of halogens is 2.